The minimum absolute atomic E-state index is 0. The summed E-state index contributed by atoms with van der Waals surface area (Å²) in [6.07, 6.45) is 13.9. The normalized spacial score (nSPS) is 11.3. The van der Waals surface area contributed by atoms with E-state index in [4.69, 9.17) is 91.5 Å². The number of amidine groups is 2. The van der Waals surface area contributed by atoms with E-state index in [1.807, 2.05) is 19.9 Å². The summed E-state index contributed by atoms with van der Waals surface area (Å²) in [5, 5.41) is 24.8. The molecule has 35 heteroatoms. The molecule has 29 nitrogen and oxygen atoms in total. The molecule has 0 fully saturated rings. The maximum absolute atomic E-state index is 12.9. The van der Waals surface area contributed by atoms with Gasteiger partial charge in [-0.2, -0.15) is 30.0 Å². The molecule has 0 saturated heterocycles. The number of anilines is 6. The van der Waals surface area contributed by atoms with Gasteiger partial charge in [-0.25, -0.2) is 39.7 Å². The Morgan fingerprint density at radius 1 is 0.615 bits per heavy atom. The van der Waals surface area contributed by atoms with Gasteiger partial charge in [-0.15, -0.1) is 0 Å². The molecule has 468 valence electrons. The van der Waals surface area contributed by atoms with Crippen molar-refractivity contribution in [2.75, 3.05) is 28.3 Å². The van der Waals surface area contributed by atoms with Crippen molar-refractivity contribution in [3.05, 3.63) is 197 Å². The molecule has 11 rings (SSSR count). The van der Waals surface area contributed by atoms with Gasteiger partial charge < -0.3 is 72.5 Å². The minimum Gasteiger partial charge on any atom is -0.870 e. The zero-order chi connectivity index (χ0) is 63.9. The Balaban J connectivity index is 0.000000256. The van der Waals surface area contributed by atoms with Crippen LogP contribution in [0, 0.1) is 24.7 Å². The largest absolute Gasteiger partial charge is 1.00 e. The van der Waals surface area contributed by atoms with Gasteiger partial charge in [-0.05, 0) is 147 Å². The first-order valence-electron chi connectivity index (χ1n) is 25.2. The van der Waals surface area contributed by atoms with Crippen LogP contribution in [0.2, 0.25) is 15.7 Å². The van der Waals surface area contributed by atoms with E-state index in [1.54, 1.807) is 97.3 Å². The fraction of sp³-hybridized carbons (Fsp3) is 0.0536. The van der Waals surface area contributed by atoms with Gasteiger partial charge in [0.15, 0.2) is 22.9 Å². The number of aromatic amines is 2. The number of aliphatic imine (C=N–C) groups is 2. The maximum atomic E-state index is 12.9. The third-order valence-electron chi connectivity index (χ3n) is 11.7. The average molecular weight is 1360 g/mol. The van der Waals surface area contributed by atoms with Crippen molar-refractivity contribution < 1.29 is 73.7 Å². The van der Waals surface area contributed by atoms with Gasteiger partial charge in [0.1, 0.15) is 28.3 Å². The third kappa shape index (κ3) is 19.1. The predicted octanol–water partition coefficient (Wildman–Crippen LogP) is 5.42. The second-order valence-electron chi connectivity index (χ2n) is 18.0. The van der Waals surface area contributed by atoms with Crippen LogP contribution in [0.3, 0.4) is 0 Å². The van der Waals surface area contributed by atoms with Crippen molar-refractivity contribution in [3.8, 4) is 0 Å². The summed E-state index contributed by atoms with van der Waals surface area (Å²) in [7, 11) is -7.62. The summed E-state index contributed by atoms with van der Waals surface area (Å²) in [5.74, 6) is 1.82. The molecule has 0 aliphatic rings. The van der Waals surface area contributed by atoms with Crippen LogP contribution in [0.25, 0.3) is 33.1 Å². The fourth-order valence-electron chi connectivity index (χ4n) is 7.49. The topological polar surface area (TPSA) is 523 Å². The quantitative estimate of drug-likeness (QED) is 0.0181. The van der Waals surface area contributed by atoms with E-state index in [1.165, 1.54) is 67.6 Å². The van der Waals surface area contributed by atoms with E-state index in [2.05, 4.69) is 60.4 Å². The van der Waals surface area contributed by atoms with Gasteiger partial charge in [0.05, 0.1) is 32.1 Å². The molecular formula is C56H60Cl3KN24O5S2. The van der Waals surface area contributed by atoms with Gasteiger partial charge in [-0.1, -0.05) is 54.4 Å². The van der Waals surface area contributed by atoms with E-state index in [9.17, 15) is 16.8 Å². The van der Waals surface area contributed by atoms with Crippen LogP contribution in [0.15, 0.2) is 178 Å². The minimum atomic E-state index is -3.86. The van der Waals surface area contributed by atoms with Crippen LogP contribution < -0.4 is 103 Å². The van der Waals surface area contributed by atoms with Gasteiger partial charge in [-0.3, -0.25) is 5.10 Å². The van der Waals surface area contributed by atoms with Crippen LogP contribution in [0.4, 0.5) is 46.2 Å². The number of aromatic nitrogens is 11. The molecule has 0 radical (unpaired) electrons. The Hall–Kier alpha value is -9.32. The molecule has 0 amide bonds. The Kier molecular flexibility index (Phi) is 27.3. The van der Waals surface area contributed by atoms with Gasteiger partial charge in [0, 0.05) is 64.9 Å². The second-order valence-corrected chi connectivity index (χ2v) is 22.7. The Labute approximate surface area is 579 Å². The number of fused-ring (bicyclic) bond motifs is 3. The van der Waals surface area contributed by atoms with Crippen molar-refractivity contribution in [2.24, 2.45) is 32.9 Å². The van der Waals surface area contributed by atoms with Crippen LogP contribution >= 0.6 is 34.8 Å². The number of hydrogen-bond donors (Lipinski definition) is 13. The van der Waals surface area contributed by atoms with Crippen LogP contribution in [0.5, 0.6) is 0 Å². The van der Waals surface area contributed by atoms with Gasteiger partial charge in [0.2, 0.25) is 16.5 Å². The summed E-state index contributed by atoms with van der Waals surface area (Å²) in [5.41, 5.74) is 50.6. The molecule has 0 aliphatic carbocycles. The number of nitrogens with two attached hydrogens (primary N) is 8. The Bertz CT molecular complexity index is 4680. The van der Waals surface area contributed by atoms with Crippen LogP contribution in [0.1, 0.15) is 29.7 Å². The standard InChI is InChI=1S/C16H15ClN6O2S.C16H17N9.C13H9Cl2N3O2S.C7H9N3.C3H5N3.CH4.K.H2O/c1-10-2-4-11(5-3-10)26(24,25)23-9-7-12-14(20-13(19)6-8-18)21-16(17)22-15(12)23;17-5-3-13(20)23-15-11-4-6-21-14(11)24-16(25-15)22-10-2-1-9(8-18)12(19)7-10;1-8-2-4-9(5-3-8)21(19,20)18-7-6-10-11(14)16-13(15)17-12(10)18;8-4-5-1-2-6(9)3-7(5)10;4-3-1-2-5-6-3;;;/h2-9H,18H2,1H3,(H2,19,20,21,22);1-8,18H,17,19H2,(H4,20,21,22,23,24,25);2-7H,1H3;1-4,8H,9-10H2;1-2H,(H3,4,5,6);1H4;;1H2/q;;;;;;+1;/p-1. The van der Waals surface area contributed by atoms with E-state index in [0.717, 1.165) is 24.5 Å². The zero-order valence-electron chi connectivity index (χ0n) is 47.7. The van der Waals surface area contributed by atoms with Gasteiger partial charge >= 0.3 is 51.4 Å². The van der Waals surface area contributed by atoms with Crippen LogP contribution in [-0.4, -0.2) is 99.4 Å². The maximum Gasteiger partial charge on any atom is 1.00 e. The Morgan fingerprint density at radius 2 is 1.11 bits per heavy atom. The second kappa shape index (κ2) is 33.5. The summed E-state index contributed by atoms with van der Waals surface area (Å²) in [4.78, 5) is 36.3. The van der Waals surface area contributed by atoms with Crippen LogP contribution in [-0.2, 0) is 20.0 Å². The fourth-order valence-corrected chi connectivity index (χ4v) is 10.7. The number of hydrogen-bond acceptors (Lipinski definition) is 23. The molecule has 0 saturated carbocycles. The number of nitrogens with one attached hydrogen (secondary N) is 5. The van der Waals surface area contributed by atoms with Crippen molar-refractivity contribution in [2.45, 2.75) is 31.1 Å². The number of benzene rings is 4. The monoisotopic (exact) mass is 1360 g/mol. The molecular weight excluding hydrogens is 1300 g/mol. The molecule has 4 aromatic carbocycles. The summed E-state index contributed by atoms with van der Waals surface area (Å²) in [6, 6.07) is 29.9. The molecule has 0 spiro atoms. The van der Waals surface area contributed by atoms with E-state index in [0.29, 0.717) is 67.9 Å². The summed E-state index contributed by atoms with van der Waals surface area (Å²) < 4.78 is 53.3. The molecule has 91 heavy (non-hydrogen) atoms. The number of H-pyrrole nitrogens is 2. The SMILES string of the molecule is C.Cc1ccc(S(=O)(=O)n2ccc3c(Cl)nc(Cl)nc32)cc1.Cc1ccc(S(=O)(=O)n2ccc3c(N=C(N)C=CN)nc(Cl)nc32)cc1.N=Cc1ccc(N)cc1N.N=Cc1ccc(Nc2nc(N=C(N)C=CN)c3cc[nH]c3n2)cc1N.Nc1ccn[nH]1.[K+].[OH-]. The van der Waals surface area contributed by atoms with Gasteiger partial charge in [0.25, 0.3) is 20.0 Å². The van der Waals surface area contributed by atoms with Crippen molar-refractivity contribution in [3.63, 3.8) is 0 Å². The number of halogens is 3. The van der Waals surface area contributed by atoms with E-state index >= 15 is 0 Å². The van der Waals surface area contributed by atoms with E-state index in [-0.39, 0.29) is 119 Å². The molecule has 7 aromatic heterocycles. The third-order valence-corrected chi connectivity index (χ3v) is 15.7. The molecule has 0 aliphatic heterocycles. The first-order valence-corrected chi connectivity index (χ1v) is 29.2. The van der Waals surface area contributed by atoms with E-state index < -0.39 is 20.0 Å². The number of rotatable bonds is 12. The molecule has 0 atom stereocenters. The van der Waals surface area contributed by atoms with Crippen molar-refractivity contribution in [1.29, 1.82) is 10.8 Å². The molecule has 0 bridgehead atoms. The number of nitrogen functional groups attached to an aromatic ring is 4. The van der Waals surface area contributed by atoms with Crippen molar-refractivity contribution in [1.82, 2.24) is 53.0 Å². The molecule has 7 heterocycles. The number of aryl methyl sites for hydroxylation is 2. The first-order chi connectivity index (χ1) is 41.9. The summed E-state index contributed by atoms with van der Waals surface area (Å²) in [6.45, 7) is 3.76. The van der Waals surface area contributed by atoms with Crippen molar-refractivity contribution >= 4 is 158 Å². The summed E-state index contributed by atoms with van der Waals surface area (Å²) >= 11 is 17.7. The smallest absolute Gasteiger partial charge is 0.870 e. The molecule has 0 unspecified atom stereocenters. The zero-order valence-corrected chi connectivity index (χ0v) is 54.8. The Morgan fingerprint density at radius 3 is 1.58 bits per heavy atom. The number of nitrogens with zero attached hydrogens (tertiary/aromatic N) is 11. The first kappa shape index (κ1) is 74.1. The average Bonchev–Trinajstić information content (AvgIpc) is 1.77. The predicted molar refractivity (Wildman–Crippen MR) is 358 cm³/mol. The molecule has 11 aromatic rings. The molecule has 22 N–H and O–H groups in total.